The minimum absolute atomic E-state index is 0.0290. The number of aliphatic hydroxyl groups excluding tert-OH is 1. The number of carbonyl (C=O) groups excluding carboxylic acids is 1. The molecule has 0 aromatic heterocycles. The Bertz CT molecular complexity index is 477. The standard InChI is InChI=1S/C10H19N3O6S/c1-12(2)20(18,19)4-3-11-10(17)13-6-7(14)5-8(13)9(15)16/h7-8,14H,3-6H2,1-2H3,(H,11,17)(H,15,16). The average Bonchev–Trinajstić information content (AvgIpc) is 2.71. The highest BCUT2D eigenvalue weighted by atomic mass is 32.2. The number of aliphatic carboxylic acids is 1. The minimum atomic E-state index is -3.42. The second-order valence-corrected chi connectivity index (χ2v) is 7.03. The molecule has 10 heteroatoms. The number of aliphatic hydroxyl groups is 1. The van der Waals surface area contributed by atoms with Crippen LogP contribution in [0.25, 0.3) is 0 Å². The smallest absolute Gasteiger partial charge is 0.326 e. The van der Waals surface area contributed by atoms with Crippen LogP contribution in [0.4, 0.5) is 4.79 Å². The van der Waals surface area contributed by atoms with Gasteiger partial charge < -0.3 is 20.4 Å². The molecule has 0 saturated carbocycles. The van der Waals surface area contributed by atoms with Gasteiger partial charge in [-0.1, -0.05) is 0 Å². The number of carboxylic acid groups (broad SMARTS) is 1. The number of amides is 2. The second kappa shape index (κ2) is 6.37. The van der Waals surface area contributed by atoms with Crippen LogP contribution in [0.1, 0.15) is 6.42 Å². The fraction of sp³-hybridized carbons (Fsp3) is 0.800. The van der Waals surface area contributed by atoms with Crippen LogP contribution in [0.15, 0.2) is 0 Å². The van der Waals surface area contributed by atoms with Crippen LogP contribution in [0.2, 0.25) is 0 Å². The molecular formula is C10H19N3O6S. The number of urea groups is 1. The topological polar surface area (TPSA) is 127 Å². The summed E-state index contributed by atoms with van der Waals surface area (Å²) in [7, 11) is -0.657. The molecule has 0 radical (unpaired) electrons. The van der Waals surface area contributed by atoms with E-state index in [9.17, 15) is 23.1 Å². The summed E-state index contributed by atoms with van der Waals surface area (Å²) in [5, 5.41) is 20.7. The highest BCUT2D eigenvalue weighted by Gasteiger charge is 2.38. The first-order chi connectivity index (χ1) is 9.15. The Balaban J connectivity index is 2.53. The van der Waals surface area contributed by atoms with Crippen molar-refractivity contribution in [2.75, 3.05) is 32.9 Å². The van der Waals surface area contributed by atoms with Crippen LogP contribution >= 0.6 is 0 Å². The molecule has 0 spiro atoms. The van der Waals surface area contributed by atoms with E-state index in [1.165, 1.54) is 14.1 Å². The third-order valence-electron chi connectivity index (χ3n) is 3.02. The normalized spacial score (nSPS) is 23.1. The number of carbonyl (C=O) groups is 2. The fourth-order valence-corrected chi connectivity index (χ4v) is 2.57. The van der Waals surface area contributed by atoms with E-state index in [-0.39, 0.29) is 25.3 Å². The van der Waals surface area contributed by atoms with Crippen LogP contribution < -0.4 is 5.32 Å². The number of hydrogen-bond donors (Lipinski definition) is 3. The number of sulfonamides is 1. The van der Waals surface area contributed by atoms with Crippen molar-refractivity contribution in [1.29, 1.82) is 0 Å². The van der Waals surface area contributed by atoms with E-state index in [0.29, 0.717) is 0 Å². The lowest BCUT2D eigenvalue weighted by molar-refractivity contribution is -0.141. The van der Waals surface area contributed by atoms with Gasteiger partial charge in [0, 0.05) is 33.6 Å². The summed E-state index contributed by atoms with van der Waals surface area (Å²) in [5.74, 6) is -1.47. The van der Waals surface area contributed by atoms with Gasteiger partial charge in [-0.15, -0.1) is 0 Å². The molecule has 0 aromatic carbocycles. The van der Waals surface area contributed by atoms with Gasteiger partial charge in [-0.05, 0) is 0 Å². The van der Waals surface area contributed by atoms with Crippen molar-refractivity contribution in [2.24, 2.45) is 0 Å². The van der Waals surface area contributed by atoms with E-state index in [0.717, 1.165) is 9.21 Å². The summed E-state index contributed by atoms with van der Waals surface area (Å²) in [6.07, 6.45) is -0.911. The minimum Gasteiger partial charge on any atom is -0.480 e. The molecule has 0 aromatic rings. The van der Waals surface area contributed by atoms with E-state index in [1.54, 1.807) is 0 Å². The zero-order chi connectivity index (χ0) is 15.5. The van der Waals surface area contributed by atoms with Gasteiger partial charge >= 0.3 is 12.0 Å². The maximum absolute atomic E-state index is 11.8. The Morgan fingerprint density at radius 2 is 2.00 bits per heavy atom. The summed E-state index contributed by atoms with van der Waals surface area (Å²) < 4.78 is 24.0. The molecule has 20 heavy (non-hydrogen) atoms. The van der Waals surface area contributed by atoms with Gasteiger partial charge in [0.25, 0.3) is 0 Å². The van der Waals surface area contributed by atoms with Crippen LogP contribution in [0, 0.1) is 0 Å². The monoisotopic (exact) mass is 309 g/mol. The van der Waals surface area contributed by atoms with E-state index in [1.807, 2.05) is 0 Å². The second-order valence-electron chi connectivity index (χ2n) is 4.73. The third-order valence-corrected chi connectivity index (χ3v) is 4.85. The third kappa shape index (κ3) is 4.05. The summed E-state index contributed by atoms with van der Waals surface area (Å²) in [6, 6.07) is -1.78. The van der Waals surface area contributed by atoms with Crippen molar-refractivity contribution in [2.45, 2.75) is 18.6 Å². The summed E-state index contributed by atoms with van der Waals surface area (Å²) in [6.45, 7) is -0.207. The molecule has 1 aliphatic heterocycles. The highest BCUT2D eigenvalue weighted by Crippen LogP contribution is 2.17. The van der Waals surface area contributed by atoms with Crippen molar-refractivity contribution in [3.8, 4) is 0 Å². The number of likely N-dealkylation sites (tertiary alicyclic amines) is 1. The maximum Gasteiger partial charge on any atom is 0.326 e. The van der Waals surface area contributed by atoms with Crippen molar-refractivity contribution in [3.63, 3.8) is 0 Å². The molecule has 0 bridgehead atoms. The highest BCUT2D eigenvalue weighted by molar-refractivity contribution is 7.89. The van der Waals surface area contributed by atoms with Gasteiger partial charge in [0.05, 0.1) is 11.9 Å². The molecular weight excluding hydrogens is 290 g/mol. The maximum atomic E-state index is 11.8. The SMILES string of the molecule is CN(C)S(=O)(=O)CCNC(=O)N1CC(O)CC1C(=O)O. The number of nitrogens with one attached hydrogen (secondary N) is 1. The lowest BCUT2D eigenvalue weighted by atomic mass is 10.2. The summed E-state index contributed by atoms with van der Waals surface area (Å²) >= 11 is 0. The Kier molecular flexibility index (Phi) is 5.31. The van der Waals surface area contributed by atoms with Crippen molar-refractivity contribution in [1.82, 2.24) is 14.5 Å². The van der Waals surface area contributed by atoms with Crippen LogP contribution in [0.3, 0.4) is 0 Å². The lowest BCUT2D eigenvalue weighted by Crippen LogP contribution is -2.47. The molecule has 0 aliphatic carbocycles. The van der Waals surface area contributed by atoms with E-state index >= 15 is 0 Å². The molecule has 116 valence electrons. The first-order valence-corrected chi connectivity index (χ1v) is 7.61. The van der Waals surface area contributed by atoms with E-state index < -0.39 is 34.2 Å². The van der Waals surface area contributed by atoms with Crippen molar-refractivity contribution >= 4 is 22.0 Å². The quantitative estimate of drug-likeness (QED) is 0.545. The number of hydrogen-bond acceptors (Lipinski definition) is 5. The average molecular weight is 309 g/mol. The van der Waals surface area contributed by atoms with Crippen molar-refractivity contribution in [3.05, 3.63) is 0 Å². The van der Waals surface area contributed by atoms with Crippen LogP contribution in [-0.2, 0) is 14.8 Å². The van der Waals surface area contributed by atoms with Gasteiger partial charge in [0.15, 0.2) is 0 Å². The van der Waals surface area contributed by atoms with E-state index in [4.69, 9.17) is 5.11 Å². The largest absolute Gasteiger partial charge is 0.480 e. The number of nitrogens with zero attached hydrogens (tertiary/aromatic N) is 2. The van der Waals surface area contributed by atoms with Crippen LogP contribution in [-0.4, -0.2) is 84.9 Å². The lowest BCUT2D eigenvalue weighted by Gasteiger charge is -2.21. The molecule has 1 rings (SSSR count). The Morgan fingerprint density at radius 1 is 1.40 bits per heavy atom. The molecule has 1 saturated heterocycles. The van der Waals surface area contributed by atoms with Crippen molar-refractivity contribution < 1.29 is 28.2 Å². The molecule has 1 fully saturated rings. The predicted molar refractivity (Wildman–Crippen MR) is 69.6 cm³/mol. The molecule has 2 amide bonds. The number of β-amino-alcohol motifs (C(OH)–C–C–N with tert-alkyl or cyclic N) is 1. The summed E-state index contributed by atoms with van der Waals surface area (Å²) in [5.41, 5.74) is 0. The van der Waals surface area contributed by atoms with Gasteiger partial charge in [0.2, 0.25) is 10.0 Å². The van der Waals surface area contributed by atoms with Crippen LogP contribution in [0.5, 0.6) is 0 Å². The zero-order valence-corrected chi connectivity index (χ0v) is 12.1. The zero-order valence-electron chi connectivity index (χ0n) is 11.3. The molecule has 2 unspecified atom stereocenters. The fourth-order valence-electron chi connectivity index (χ4n) is 1.84. The first kappa shape index (κ1) is 16.7. The summed E-state index contributed by atoms with van der Waals surface area (Å²) in [4.78, 5) is 23.7. The molecule has 1 heterocycles. The molecule has 2 atom stereocenters. The van der Waals surface area contributed by atoms with Gasteiger partial charge in [-0.2, -0.15) is 0 Å². The predicted octanol–water partition coefficient (Wildman–Crippen LogP) is -1.89. The number of rotatable bonds is 5. The first-order valence-electron chi connectivity index (χ1n) is 6.00. The Morgan fingerprint density at radius 3 is 2.50 bits per heavy atom. The van der Waals surface area contributed by atoms with E-state index in [2.05, 4.69) is 5.32 Å². The molecule has 9 nitrogen and oxygen atoms in total. The number of carboxylic acids is 1. The Labute approximate surface area is 117 Å². The van der Waals surface area contributed by atoms with Gasteiger partial charge in [-0.25, -0.2) is 22.3 Å². The van der Waals surface area contributed by atoms with Gasteiger partial charge in [0.1, 0.15) is 6.04 Å². The molecule has 1 aliphatic rings. The molecule has 3 N–H and O–H groups in total. The van der Waals surface area contributed by atoms with Gasteiger partial charge in [-0.3, -0.25) is 0 Å². The Hall–Kier alpha value is -1.39.